The Hall–Kier alpha value is -6.72. The van der Waals surface area contributed by atoms with Crippen LogP contribution in [0.1, 0.15) is 93.3 Å². The number of halogens is 1. The van der Waals surface area contributed by atoms with Crippen LogP contribution in [0.2, 0.25) is 0 Å². The lowest BCUT2D eigenvalue weighted by Crippen LogP contribution is -2.63. The number of sulfone groups is 1. The standard InChI is InChI=1S/C58H76FN15O5S/c1-37-31-73(34-51(75)74-35-58(8,9)52-48(74)24-42(27-61-52)23-41-11-13-44(59)14-12-41)45(30-60-37)33-71-20-21-72(32-38(71)2)56-62-28-43(29-63-56)55(76)70-18-16-69(17-19-70)15-10-22-79-49-26-47-46(25-50(49)80(77,78)57(5,6)7)54(65-36-64-47)66-53-39(3)40(4)67-68-53/h11-14,24-29,36-38,45,60H,10,15-23,30-35H2,1-9H3,(H2,64,65,66,67,68). The minimum absolute atomic E-state index is 0.0675. The highest BCUT2D eigenvalue weighted by molar-refractivity contribution is 7.92. The summed E-state index contributed by atoms with van der Waals surface area (Å²) >= 11 is 0. The van der Waals surface area contributed by atoms with Crippen molar-refractivity contribution in [2.75, 3.05) is 107 Å². The van der Waals surface area contributed by atoms with E-state index in [0.717, 1.165) is 73.0 Å². The van der Waals surface area contributed by atoms with Crippen LogP contribution in [0.15, 0.2) is 72.3 Å². The molecule has 20 nitrogen and oxygen atoms in total. The van der Waals surface area contributed by atoms with Crippen molar-refractivity contribution < 1.29 is 27.1 Å². The molecule has 0 aliphatic carbocycles. The van der Waals surface area contributed by atoms with Crippen molar-refractivity contribution in [2.45, 2.75) is 108 Å². The second kappa shape index (κ2) is 23.0. The van der Waals surface area contributed by atoms with Gasteiger partial charge in [0.2, 0.25) is 11.9 Å². The van der Waals surface area contributed by atoms with Gasteiger partial charge in [-0.25, -0.2) is 32.7 Å². The zero-order valence-corrected chi connectivity index (χ0v) is 48.4. The van der Waals surface area contributed by atoms with E-state index in [0.29, 0.717) is 92.7 Å². The summed E-state index contributed by atoms with van der Waals surface area (Å²) in [4.78, 5) is 64.4. The number of carbonyl (C=O) groups is 2. The van der Waals surface area contributed by atoms with Gasteiger partial charge in [0.25, 0.3) is 5.91 Å². The average molecular weight is 1110 g/mol. The minimum Gasteiger partial charge on any atom is -0.492 e. The first kappa shape index (κ1) is 56.6. The zero-order chi connectivity index (χ0) is 56.7. The Morgan fingerprint density at radius 2 is 1.62 bits per heavy atom. The third-order valence-electron chi connectivity index (χ3n) is 16.3. The second-order valence-corrected chi connectivity index (χ2v) is 26.4. The van der Waals surface area contributed by atoms with Crippen LogP contribution in [0.4, 0.5) is 27.7 Å². The molecule has 4 aliphatic rings. The topological polar surface area (TPSA) is 214 Å². The number of anilines is 4. The predicted molar refractivity (Wildman–Crippen MR) is 307 cm³/mol. The van der Waals surface area contributed by atoms with Crippen molar-refractivity contribution in [1.29, 1.82) is 0 Å². The first-order valence-corrected chi connectivity index (χ1v) is 29.4. The third kappa shape index (κ3) is 12.1. The van der Waals surface area contributed by atoms with Crippen molar-refractivity contribution in [3.05, 3.63) is 107 Å². The zero-order valence-electron chi connectivity index (χ0n) is 47.6. The van der Waals surface area contributed by atoms with Gasteiger partial charge in [-0.15, -0.1) is 0 Å². The van der Waals surface area contributed by atoms with Gasteiger partial charge in [0.05, 0.1) is 40.4 Å². The van der Waals surface area contributed by atoms with Crippen LogP contribution in [-0.2, 0) is 26.5 Å². The highest BCUT2D eigenvalue weighted by Gasteiger charge is 2.42. The number of nitrogens with one attached hydrogen (secondary N) is 3. The Balaban J connectivity index is 0.692. The first-order chi connectivity index (χ1) is 38.1. The summed E-state index contributed by atoms with van der Waals surface area (Å²) in [6, 6.07) is 12.5. The molecule has 3 unspecified atom stereocenters. The van der Waals surface area contributed by atoms with Crippen LogP contribution < -0.4 is 25.2 Å². The Kier molecular flexibility index (Phi) is 16.3. The molecule has 0 saturated carbocycles. The minimum atomic E-state index is -3.84. The molecule has 0 radical (unpaired) electrons. The number of benzene rings is 2. The summed E-state index contributed by atoms with van der Waals surface area (Å²) in [5, 5.41) is 14.7. The van der Waals surface area contributed by atoms with E-state index in [1.165, 1.54) is 18.5 Å². The number of pyridine rings is 1. The van der Waals surface area contributed by atoms with Crippen molar-refractivity contribution in [2.24, 2.45) is 0 Å². The fourth-order valence-corrected chi connectivity index (χ4v) is 12.6. The van der Waals surface area contributed by atoms with Crippen molar-refractivity contribution in [3.63, 3.8) is 0 Å². The van der Waals surface area contributed by atoms with Gasteiger partial charge in [-0.2, -0.15) is 5.10 Å². The molecule has 4 aromatic heterocycles. The van der Waals surface area contributed by atoms with E-state index < -0.39 is 14.6 Å². The van der Waals surface area contributed by atoms with E-state index in [2.05, 4.69) is 84.2 Å². The lowest BCUT2D eigenvalue weighted by molar-refractivity contribution is -0.120. The van der Waals surface area contributed by atoms with Crippen LogP contribution in [0.25, 0.3) is 10.9 Å². The Bertz CT molecular complexity index is 3330. The smallest absolute Gasteiger partial charge is 0.257 e. The maximum Gasteiger partial charge on any atom is 0.257 e. The molecular formula is C58H76FN15O5S. The second-order valence-electron chi connectivity index (χ2n) is 23.8. The van der Waals surface area contributed by atoms with Crippen LogP contribution in [-0.4, -0.2) is 190 Å². The summed E-state index contributed by atoms with van der Waals surface area (Å²) in [7, 11) is -3.84. The van der Waals surface area contributed by atoms with Crippen LogP contribution >= 0.6 is 0 Å². The van der Waals surface area contributed by atoms with Crippen LogP contribution in [0.3, 0.4) is 0 Å². The molecular weight excluding hydrogens is 1040 g/mol. The van der Waals surface area contributed by atoms with E-state index in [1.807, 2.05) is 29.8 Å². The quantitative estimate of drug-likeness (QED) is 0.0959. The summed E-state index contributed by atoms with van der Waals surface area (Å²) < 4.78 is 46.8. The fraction of sp³-hybridized carbons (Fsp3) is 0.517. The molecule has 3 fully saturated rings. The molecule has 426 valence electrons. The number of amides is 2. The Morgan fingerprint density at radius 1 is 0.875 bits per heavy atom. The van der Waals surface area contributed by atoms with E-state index in [9.17, 15) is 22.4 Å². The molecule has 2 aromatic carbocycles. The monoisotopic (exact) mass is 1110 g/mol. The van der Waals surface area contributed by atoms with Crippen molar-refractivity contribution in [3.8, 4) is 5.75 Å². The van der Waals surface area contributed by atoms with E-state index >= 15 is 0 Å². The Morgan fingerprint density at radius 3 is 2.33 bits per heavy atom. The van der Waals surface area contributed by atoms with Gasteiger partial charge >= 0.3 is 0 Å². The molecule has 2 amide bonds. The van der Waals surface area contributed by atoms with Gasteiger partial charge in [-0.3, -0.25) is 34.4 Å². The maximum absolute atomic E-state index is 14.4. The molecule has 0 bridgehead atoms. The number of H-pyrrole nitrogens is 1. The number of carbonyl (C=O) groups excluding carboxylic acids is 2. The van der Waals surface area contributed by atoms with Crippen LogP contribution in [0, 0.1) is 19.7 Å². The normalized spacial score (nSPS) is 20.3. The Labute approximate surface area is 468 Å². The number of piperazine rings is 3. The molecule has 4 aliphatic heterocycles. The molecule has 8 heterocycles. The fourth-order valence-electron chi connectivity index (χ4n) is 11.3. The summed E-state index contributed by atoms with van der Waals surface area (Å²) in [6.45, 7) is 26.5. The number of rotatable bonds is 16. The van der Waals surface area contributed by atoms with Gasteiger partial charge in [0.15, 0.2) is 15.7 Å². The molecule has 80 heavy (non-hydrogen) atoms. The van der Waals surface area contributed by atoms with Gasteiger partial charge in [0.1, 0.15) is 28.6 Å². The van der Waals surface area contributed by atoms with Gasteiger partial charge in [-0.1, -0.05) is 26.0 Å². The largest absolute Gasteiger partial charge is 0.492 e. The lowest BCUT2D eigenvalue weighted by atomic mass is 9.91. The highest BCUT2D eigenvalue weighted by atomic mass is 32.2. The molecule has 0 spiro atoms. The van der Waals surface area contributed by atoms with E-state index in [1.54, 1.807) is 57.4 Å². The number of hydrogen-bond acceptors (Lipinski definition) is 17. The van der Waals surface area contributed by atoms with Crippen molar-refractivity contribution >= 4 is 55.8 Å². The molecule has 6 aromatic rings. The van der Waals surface area contributed by atoms with Gasteiger partial charge < -0.3 is 30.1 Å². The molecule has 22 heteroatoms. The number of fused-ring (bicyclic) bond motifs is 2. The van der Waals surface area contributed by atoms with E-state index in [4.69, 9.17) is 19.7 Å². The third-order valence-corrected chi connectivity index (χ3v) is 18.8. The lowest BCUT2D eigenvalue weighted by Gasteiger charge is -2.45. The number of ether oxygens (including phenoxy) is 1. The van der Waals surface area contributed by atoms with Gasteiger partial charge in [0, 0.05) is 143 Å². The van der Waals surface area contributed by atoms with Gasteiger partial charge in [-0.05, 0) is 96.7 Å². The molecule has 3 N–H and O–H groups in total. The number of nitrogens with zero attached hydrogens (tertiary/aromatic N) is 12. The summed E-state index contributed by atoms with van der Waals surface area (Å²) in [5.74, 6) is 1.58. The number of aromatic nitrogens is 7. The van der Waals surface area contributed by atoms with Crippen molar-refractivity contribution in [1.82, 2.24) is 60.0 Å². The predicted octanol–water partition coefficient (Wildman–Crippen LogP) is 5.92. The number of aromatic amines is 1. The molecule has 10 rings (SSSR count). The van der Waals surface area contributed by atoms with Crippen LogP contribution in [0.5, 0.6) is 5.75 Å². The SMILES string of the molecule is Cc1[nH]nc(Nc2ncnc3cc(OCCCN4CCN(C(=O)c5cnc(N6CCN(CC7CNC(C)CN7CC(=O)N7CC(C)(C)c8ncc(Cc9ccc(F)cc9)cc87)C(C)C6)nc5)CC4)c(S(=O)(=O)C(C)(C)C)cc23)c1C. The number of aryl methyl sites for hydroxylation is 1. The first-order valence-electron chi connectivity index (χ1n) is 27.9. The average Bonchev–Trinajstić information content (AvgIpc) is 3.98. The maximum atomic E-state index is 14.4. The number of hydrogen-bond donors (Lipinski definition) is 3. The molecule has 3 saturated heterocycles. The summed E-state index contributed by atoms with van der Waals surface area (Å²) in [5.41, 5.74) is 6.29. The highest BCUT2D eigenvalue weighted by Crippen LogP contribution is 2.41. The summed E-state index contributed by atoms with van der Waals surface area (Å²) in [6.07, 6.45) is 7.84. The van der Waals surface area contributed by atoms with E-state index in [-0.39, 0.29) is 58.4 Å². The molecule has 3 atom stereocenters.